The molecule has 0 aliphatic carbocycles. The summed E-state index contributed by atoms with van der Waals surface area (Å²) in [4.78, 5) is 3.81. The minimum Gasteiger partial charge on any atom is -0.380 e. The zero-order chi connectivity index (χ0) is 15.5. The van der Waals surface area contributed by atoms with Gasteiger partial charge in [-0.15, -0.1) is 0 Å². The predicted octanol–water partition coefficient (Wildman–Crippen LogP) is 3.44. The average Bonchev–Trinajstić information content (AvgIpc) is 2.43. The molecule has 2 rings (SSSR count). The van der Waals surface area contributed by atoms with Crippen LogP contribution in [-0.2, 0) is 21.4 Å². The van der Waals surface area contributed by atoms with Crippen LogP contribution in [0.4, 0.5) is 5.69 Å². The molecule has 0 spiro atoms. The number of ether oxygens (including phenoxy) is 1. The van der Waals surface area contributed by atoms with E-state index in [1.54, 1.807) is 19.2 Å². The highest BCUT2D eigenvalue weighted by Gasteiger charge is 2.17. The lowest BCUT2D eigenvalue weighted by molar-refractivity contribution is 0.185. The van der Waals surface area contributed by atoms with Crippen LogP contribution in [0, 0.1) is 0 Å². The highest BCUT2D eigenvalue weighted by molar-refractivity contribution is 9.10. The molecule has 21 heavy (non-hydrogen) atoms. The van der Waals surface area contributed by atoms with Crippen molar-refractivity contribution in [1.82, 2.24) is 4.98 Å². The van der Waals surface area contributed by atoms with Gasteiger partial charge in [0, 0.05) is 23.3 Å². The molecule has 0 saturated heterocycles. The van der Waals surface area contributed by atoms with Crippen molar-refractivity contribution in [3.8, 4) is 0 Å². The van der Waals surface area contributed by atoms with Crippen molar-refractivity contribution < 1.29 is 13.2 Å². The van der Waals surface area contributed by atoms with Gasteiger partial charge in [-0.25, -0.2) is 13.4 Å². The topological polar surface area (TPSA) is 68.3 Å². The number of nitrogens with one attached hydrogen (secondary N) is 1. The molecule has 1 N–H and O–H groups in total. The van der Waals surface area contributed by atoms with Crippen molar-refractivity contribution in [1.29, 1.82) is 0 Å². The third-order valence-electron chi connectivity index (χ3n) is 2.66. The van der Waals surface area contributed by atoms with Gasteiger partial charge in [0.25, 0.3) is 10.0 Å². The van der Waals surface area contributed by atoms with Crippen molar-refractivity contribution in [3.05, 3.63) is 51.7 Å². The molecule has 0 saturated carbocycles. The van der Waals surface area contributed by atoms with Gasteiger partial charge in [0.1, 0.15) is 10.0 Å². The minimum atomic E-state index is -3.74. The number of halogens is 2. The second kappa shape index (κ2) is 6.74. The first-order chi connectivity index (χ1) is 9.94. The molecule has 0 aliphatic heterocycles. The summed E-state index contributed by atoms with van der Waals surface area (Å²) in [6.45, 7) is 0.276. The van der Waals surface area contributed by atoms with E-state index in [1.165, 1.54) is 18.3 Å². The van der Waals surface area contributed by atoms with Crippen molar-refractivity contribution in [3.63, 3.8) is 0 Å². The first-order valence-electron chi connectivity index (χ1n) is 5.85. The van der Waals surface area contributed by atoms with Crippen LogP contribution in [0.2, 0.25) is 5.15 Å². The smallest absolute Gasteiger partial charge is 0.263 e. The van der Waals surface area contributed by atoms with Crippen LogP contribution in [-0.4, -0.2) is 20.5 Å². The monoisotopic (exact) mass is 390 g/mol. The van der Waals surface area contributed by atoms with Crippen molar-refractivity contribution in [2.45, 2.75) is 11.5 Å². The summed E-state index contributed by atoms with van der Waals surface area (Å²) < 4.78 is 33.0. The molecule has 0 aliphatic rings. The largest absolute Gasteiger partial charge is 0.380 e. The molecule has 0 radical (unpaired) electrons. The quantitative estimate of drug-likeness (QED) is 0.793. The minimum absolute atomic E-state index is 0.0373. The molecule has 1 heterocycles. The fourth-order valence-corrected chi connectivity index (χ4v) is 3.30. The first kappa shape index (κ1) is 16.2. The van der Waals surface area contributed by atoms with Crippen molar-refractivity contribution in [2.24, 2.45) is 0 Å². The summed E-state index contributed by atoms with van der Waals surface area (Å²) in [6, 6.07) is 8.04. The fraction of sp³-hybridized carbons (Fsp3) is 0.154. The summed E-state index contributed by atoms with van der Waals surface area (Å²) in [7, 11) is -2.19. The standard InChI is InChI=1S/C13H12BrClN2O3S/c1-20-8-10-11(14)3-2-4-12(10)17-21(18,19)9-5-6-13(15)16-7-9/h2-7,17H,8H2,1H3. The van der Waals surface area contributed by atoms with Gasteiger partial charge in [0.05, 0.1) is 12.3 Å². The summed E-state index contributed by atoms with van der Waals surface area (Å²) >= 11 is 9.04. The number of hydrogen-bond donors (Lipinski definition) is 1. The Morgan fingerprint density at radius 3 is 2.71 bits per heavy atom. The normalized spacial score (nSPS) is 11.4. The Kier molecular flexibility index (Phi) is 5.21. The number of pyridine rings is 1. The lowest BCUT2D eigenvalue weighted by Gasteiger charge is -2.13. The van der Waals surface area contributed by atoms with E-state index in [2.05, 4.69) is 25.6 Å². The van der Waals surface area contributed by atoms with Crippen molar-refractivity contribution >= 4 is 43.2 Å². The Balaban J connectivity index is 2.37. The Labute approximate surface area is 136 Å². The third kappa shape index (κ3) is 3.94. The first-order valence-corrected chi connectivity index (χ1v) is 8.50. The Morgan fingerprint density at radius 2 is 2.10 bits per heavy atom. The number of benzene rings is 1. The SMILES string of the molecule is COCc1c(Br)cccc1NS(=O)(=O)c1ccc(Cl)nc1. The van der Waals surface area contributed by atoms with E-state index in [4.69, 9.17) is 16.3 Å². The number of aromatic nitrogens is 1. The number of hydrogen-bond acceptors (Lipinski definition) is 4. The van der Waals surface area contributed by atoms with E-state index < -0.39 is 10.0 Å². The lowest BCUT2D eigenvalue weighted by atomic mass is 10.2. The van der Waals surface area contributed by atoms with Gasteiger partial charge in [-0.05, 0) is 24.3 Å². The third-order valence-corrected chi connectivity index (χ3v) is 4.98. The molecule has 0 bridgehead atoms. The van der Waals surface area contributed by atoms with Crippen LogP contribution < -0.4 is 4.72 Å². The summed E-state index contributed by atoms with van der Waals surface area (Å²) in [5, 5.41) is 0.233. The predicted molar refractivity (Wildman–Crippen MR) is 84.9 cm³/mol. The van der Waals surface area contributed by atoms with E-state index >= 15 is 0 Å². The summed E-state index contributed by atoms with van der Waals surface area (Å²) in [5.41, 5.74) is 1.16. The van der Waals surface area contributed by atoms with E-state index in [0.717, 1.165) is 4.47 Å². The molecule has 112 valence electrons. The average molecular weight is 392 g/mol. The number of rotatable bonds is 5. The maximum atomic E-state index is 12.3. The maximum Gasteiger partial charge on any atom is 0.263 e. The van der Waals surface area contributed by atoms with E-state index in [0.29, 0.717) is 11.3 Å². The molecular formula is C13H12BrClN2O3S. The van der Waals surface area contributed by atoms with Crippen molar-refractivity contribution in [2.75, 3.05) is 11.8 Å². The highest BCUT2D eigenvalue weighted by Crippen LogP contribution is 2.27. The van der Waals surface area contributed by atoms with Gasteiger partial charge in [0.15, 0.2) is 0 Å². The number of anilines is 1. The summed E-state index contributed by atoms with van der Waals surface area (Å²) in [5.74, 6) is 0. The maximum absolute atomic E-state index is 12.3. The van der Waals surface area contributed by atoms with Crippen LogP contribution >= 0.6 is 27.5 Å². The fourth-order valence-electron chi connectivity index (χ4n) is 1.67. The molecule has 5 nitrogen and oxygen atoms in total. The molecule has 8 heteroatoms. The summed E-state index contributed by atoms with van der Waals surface area (Å²) in [6.07, 6.45) is 1.21. The van der Waals surface area contributed by atoms with Crippen LogP contribution in [0.3, 0.4) is 0 Å². The number of nitrogens with zero attached hydrogens (tertiary/aromatic N) is 1. The zero-order valence-electron chi connectivity index (χ0n) is 11.0. The van der Waals surface area contributed by atoms with E-state index in [9.17, 15) is 8.42 Å². The van der Waals surface area contributed by atoms with Crippen LogP contribution in [0.1, 0.15) is 5.56 Å². The Morgan fingerprint density at radius 1 is 1.33 bits per heavy atom. The molecule has 0 atom stereocenters. The van der Waals surface area contributed by atoms with Crippen LogP contribution in [0.25, 0.3) is 0 Å². The van der Waals surface area contributed by atoms with Gasteiger partial charge >= 0.3 is 0 Å². The van der Waals surface area contributed by atoms with E-state index in [-0.39, 0.29) is 16.7 Å². The molecule has 2 aromatic rings. The van der Waals surface area contributed by atoms with E-state index in [1.807, 2.05) is 6.07 Å². The Bertz CT molecular complexity index is 736. The van der Waals surface area contributed by atoms with Crippen LogP contribution in [0.5, 0.6) is 0 Å². The highest BCUT2D eigenvalue weighted by atomic mass is 79.9. The second-order valence-electron chi connectivity index (χ2n) is 4.12. The molecule has 0 amide bonds. The number of methoxy groups -OCH3 is 1. The molecular weight excluding hydrogens is 380 g/mol. The Hall–Kier alpha value is -1.15. The molecule has 0 unspecified atom stereocenters. The van der Waals surface area contributed by atoms with Gasteiger partial charge in [0.2, 0.25) is 0 Å². The zero-order valence-corrected chi connectivity index (χ0v) is 14.2. The lowest BCUT2D eigenvalue weighted by Crippen LogP contribution is -2.15. The van der Waals surface area contributed by atoms with Gasteiger partial charge in [-0.2, -0.15) is 0 Å². The van der Waals surface area contributed by atoms with Gasteiger partial charge in [-0.3, -0.25) is 4.72 Å². The second-order valence-corrected chi connectivity index (χ2v) is 7.05. The van der Waals surface area contributed by atoms with Gasteiger partial charge < -0.3 is 4.74 Å². The molecule has 1 aromatic carbocycles. The van der Waals surface area contributed by atoms with Gasteiger partial charge in [-0.1, -0.05) is 33.6 Å². The molecule has 1 aromatic heterocycles. The van der Waals surface area contributed by atoms with Crippen LogP contribution in [0.15, 0.2) is 45.9 Å². The number of sulfonamides is 1. The molecule has 0 fully saturated rings.